The van der Waals surface area contributed by atoms with E-state index in [-0.39, 0.29) is 29.8 Å². The van der Waals surface area contributed by atoms with E-state index >= 15 is 0 Å². The number of ether oxygens (including phenoxy) is 1. The van der Waals surface area contributed by atoms with Crippen molar-refractivity contribution < 1.29 is 62.9 Å². The molecule has 10 amide bonds. The molecule has 0 spiro atoms. The van der Waals surface area contributed by atoms with E-state index in [0.717, 1.165) is 0 Å². The normalized spacial score (nSPS) is 15.7. The summed E-state index contributed by atoms with van der Waals surface area (Å²) in [5, 5.41) is 48.8. The van der Waals surface area contributed by atoms with Crippen LogP contribution < -0.4 is 53.2 Å². The summed E-state index contributed by atoms with van der Waals surface area (Å²) in [7, 11) is 3.77. The second kappa shape index (κ2) is 32.5. The molecular weight excluding hydrogens is 1050 g/mol. The topological polar surface area (TPSA) is 344 Å². The molecule has 0 saturated heterocycles. The summed E-state index contributed by atoms with van der Waals surface area (Å²) >= 11 is 0. The van der Waals surface area contributed by atoms with E-state index < -0.39 is 142 Å². The number of nitrogens with zero attached hydrogens (tertiary/aromatic N) is 1. The number of nitrogens with one attached hydrogen (secondary N) is 10. The van der Waals surface area contributed by atoms with Crippen molar-refractivity contribution in [3.05, 3.63) is 22.5 Å². The highest BCUT2D eigenvalue weighted by atomic mass is 16.6. The molecule has 24 heteroatoms. The largest absolute Gasteiger partial charge is 0.444 e. The van der Waals surface area contributed by atoms with Crippen molar-refractivity contribution in [3.8, 4) is 0 Å². The number of hydrogen-bond acceptors (Lipinski definition) is 14. The monoisotopic (exact) mass is 1150 g/mol. The van der Waals surface area contributed by atoms with Crippen LogP contribution in [0, 0.1) is 29.6 Å². The Bertz CT molecular complexity index is 2270. The lowest BCUT2D eigenvalue weighted by atomic mass is 9.92. The van der Waals surface area contributed by atoms with Gasteiger partial charge in [0.1, 0.15) is 59.3 Å². The number of rotatable bonds is 30. The molecular formula is C57H103N11O13. The van der Waals surface area contributed by atoms with Crippen LogP contribution in [0.5, 0.6) is 0 Å². The quantitative estimate of drug-likeness (QED) is 0.0460. The molecule has 0 unspecified atom stereocenters. The van der Waals surface area contributed by atoms with Crippen LogP contribution in [0.1, 0.15) is 165 Å². The van der Waals surface area contributed by atoms with E-state index in [4.69, 9.17) is 4.74 Å². The van der Waals surface area contributed by atoms with E-state index in [9.17, 15) is 58.2 Å². The van der Waals surface area contributed by atoms with Crippen molar-refractivity contribution in [2.24, 2.45) is 29.6 Å². The number of amides is 10. The molecule has 24 nitrogen and oxygen atoms in total. The second-order valence-electron chi connectivity index (χ2n) is 25.0. The van der Waals surface area contributed by atoms with Gasteiger partial charge in [-0.1, -0.05) is 82.6 Å². The number of aliphatic hydroxyl groups is 2. The van der Waals surface area contributed by atoms with Crippen LogP contribution in [0.25, 0.3) is 0 Å². The van der Waals surface area contributed by atoms with Crippen molar-refractivity contribution in [1.82, 2.24) is 58.1 Å². The van der Waals surface area contributed by atoms with Crippen LogP contribution in [0.15, 0.2) is 22.5 Å². The zero-order chi connectivity index (χ0) is 63.6. The molecule has 0 radical (unpaired) electrons. The Morgan fingerprint density at radius 3 is 1.27 bits per heavy atom. The molecule has 12 N–H and O–H groups in total. The number of likely N-dealkylation sites (N-methyl/N-ethyl adjacent to an activating group) is 1. The number of alkyl carbamates (subject to hydrolysis) is 1. The van der Waals surface area contributed by atoms with Crippen molar-refractivity contribution in [1.29, 1.82) is 0 Å². The van der Waals surface area contributed by atoms with Gasteiger partial charge in [-0.2, -0.15) is 0 Å². The van der Waals surface area contributed by atoms with Gasteiger partial charge in [0.15, 0.2) is 0 Å². The summed E-state index contributed by atoms with van der Waals surface area (Å²) in [5.74, 6) is -9.39. The lowest BCUT2D eigenvalue weighted by Gasteiger charge is -2.35. The fraction of sp³-hybridized carbons (Fsp3) is 0.754. The van der Waals surface area contributed by atoms with Crippen molar-refractivity contribution in [3.63, 3.8) is 0 Å². The Labute approximate surface area is 481 Å². The van der Waals surface area contributed by atoms with Crippen LogP contribution in [-0.2, 0) is 47.9 Å². The summed E-state index contributed by atoms with van der Waals surface area (Å²) in [4.78, 5) is 140. The number of hydrogen-bond donors (Lipinski definition) is 12. The van der Waals surface area contributed by atoms with Gasteiger partial charge in [-0.05, 0) is 137 Å². The van der Waals surface area contributed by atoms with Crippen molar-refractivity contribution in [2.75, 3.05) is 20.6 Å². The summed E-state index contributed by atoms with van der Waals surface area (Å²) < 4.78 is 5.33. The van der Waals surface area contributed by atoms with Crippen LogP contribution in [0.4, 0.5) is 4.79 Å². The fourth-order valence-corrected chi connectivity index (χ4v) is 7.82. The molecule has 0 rings (SSSR count). The number of carbonyl (C=O) groups excluding carboxylic acids is 10. The first-order chi connectivity index (χ1) is 36.8. The fourth-order valence-electron chi connectivity index (χ4n) is 7.82. The second-order valence-corrected chi connectivity index (χ2v) is 25.0. The SMILES string of the molecule is CC/C(C)=C(\NC(=O)[C@H](NC(=O)[C@@H](NC(=O)[C@H](NC(=O)[C@H](NC(=O)OC(C)(C)C)C(C)C)[C@@H](C)CC)C(C)(C)O)C(C)(C)O)C(=O)N[C@H](C)C(=O)N[C@H](C(=O)N[C@@H](C(=O)NC(C(=O)N[C@H](CN(C)C)C(C)C)=C(C)C)C(C)C)C(C)C. The Morgan fingerprint density at radius 1 is 0.469 bits per heavy atom. The third-order valence-electron chi connectivity index (χ3n) is 13.3. The summed E-state index contributed by atoms with van der Waals surface area (Å²) in [6, 6.07) is -10.0. The maximum absolute atomic E-state index is 14.2. The van der Waals surface area contributed by atoms with Gasteiger partial charge in [0.2, 0.25) is 41.4 Å². The molecule has 0 aliphatic rings. The lowest BCUT2D eigenvalue weighted by Crippen LogP contribution is -2.66. The van der Waals surface area contributed by atoms with Crippen molar-refractivity contribution in [2.45, 2.75) is 230 Å². The van der Waals surface area contributed by atoms with Crippen LogP contribution >= 0.6 is 0 Å². The molecule has 0 aromatic rings. The first kappa shape index (κ1) is 74.9. The molecule has 0 aliphatic carbocycles. The zero-order valence-electron chi connectivity index (χ0n) is 53.0. The van der Waals surface area contributed by atoms with E-state index in [1.165, 1.54) is 41.5 Å². The number of allylic oxidation sites excluding steroid dienone is 2. The van der Waals surface area contributed by atoms with Gasteiger partial charge in [0.05, 0.1) is 11.2 Å². The summed E-state index contributed by atoms with van der Waals surface area (Å²) in [5.41, 5.74) is -4.40. The minimum Gasteiger partial charge on any atom is -0.444 e. The first-order valence-corrected chi connectivity index (χ1v) is 28.0. The van der Waals surface area contributed by atoms with Gasteiger partial charge in [0.25, 0.3) is 11.8 Å². The highest BCUT2D eigenvalue weighted by Crippen LogP contribution is 2.19. The smallest absolute Gasteiger partial charge is 0.408 e. The van der Waals surface area contributed by atoms with E-state index in [1.807, 2.05) is 32.8 Å². The van der Waals surface area contributed by atoms with E-state index in [2.05, 4.69) is 53.2 Å². The Kier molecular flexibility index (Phi) is 30.0. The minimum absolute atomic E-state index is 0.0378. The van der Waals surface area contributed by atoms with Gasteiger partial charge >= 0.3 is 6.09 Å². The third-order valence-corrected chi connectivity index (χ3v) is 13.3. The Balaban J connectivity index is 6.58. The maximum atomic E-state index is 14.2. The van der Waals surface area contributed by atoms with E-state index in [1.54, 1.807) is 96.9 Å². The Morgan fingerprint density at radius 2 is 0.864 bits per heavy atom. The Hall–Kier alpha value is -6.14. The predicted octanol–water partition coefficient (Wildman–Crippen LogP) is 2.28. The molecule has 464 valence electrons. The average Bonchev–Trinajstić information content (AvgIpc) is 3.31. The molecule has 0 bridgehead atoms. The summed E-state index contributed by atoms with van der Waals surface area (Å²) in [6.45, 7) is 35.8. The highest BCUT2D eigenvalue weighted by molar-refractivity contribution is 6.03. The highest BCUT2D eigenvalue weighted by Gasteiger charge is 2.43. The molecule has 0 aliphatic heterocycles. The minimum atomic E-state index is -2.06. The maximum Gasteiger partial charge on any atom is 0.408 e. The van der Waals surface area contributed by atoms with Gasteiger partial charge in [0, 0.05) is 12.6 Å². The van der Waals surface area contributed by atoms with Crippen LogP contribution in [-0.4, -0.2) is 160 Å². The molecule has 9 atom stereocenters. The van der Waals surface area contributed by atoms with E-state index in [0.29, 0.717) is 24.1 Å². The number of carbonyl (C=O) groups is 10. The van der Waals surface area contributed by atoms with Gasteiger partial charge < -0.3 is 73.0 Å². The van der Waals surface area contributed by atoms with Crippen molar-refractivity contribution >= 4 is 59.3 Å². The van der Waals surface area contributed by atoms with Crippen LogP contribution in [0.3, 0.4) is 0 Å². The molecule has 0 aromatic carbocycles. The van der Waals surface area contributed by atoms with Crippen LogP contribution in [0.2, 0.25) is 0 Å². The zero-order valence-corrected chi connectivity index (χ0v) is 53.0. The molecule has 0 saturated carbocycles. The van der Waals surface area contributed by atoms with Gasteiger partial charge in [-0.15, -0.1) is 0 Å². The molecule has 81 heavy (non-hydrogen) atoms. The lowest BCUT2D eigenvalue weighted by molar-refractivity contribution is -0.142. The summed E-state index contributed by atoms with van der Waals surface area (Å²) in [6.07, 6.45) is -0.289. The predicted molar refractivity (Wildman–Crippen MR) is 310 cm³/mol. The molecule has 0 heterocycles. The van der Waals surface area contributed by atoms with Gasteiger partial charge in [-0.25, -0.2) is 4.79 Å². The molecule has 0 fully saturated rings. The first-order valence-electron chi connectivity index (χ1n) is 28.0. The standard InChI is InChI=1S/C57H103N11O13/c1-25-33(13)41(50(74)58-35(15)45(69)60-38(30(7)8)47(71)62-39(31(9)10)48(72)61-37(29(5)6)46(70)59-36(28(3)4)27-68(23)24)64-52(76)43(56(19,20)79)67-53(77)44(57(21,22)80)66-51(75)42(34(14)26-2)63-49(73)40(32(11)12)65-54(78)81-55(16,17)18/h28,30-32,34-36,38-40,42-44,79-80H,25-27H2,1-24H3,(H,58,74)(H,59,70)(H,60,69)(H,61,72)(H,62,71)(H,63,73)(H,64,76)(H,65,78)(H,66,75)(H,67,77)/b41-33-/t34-,35+,36+,38-,39+,40+,42+,43-,44+/m0/s1. The average molecular weight is 1150 g/mol. The van der Waals surface area contributed by atoms with Gasteiger partial charge in [-0.3, -0.25) is 43.2 Å². The third kappa shape index (κ3) is 25.3. The molecule has 0 aromatic heterocycles.